The standard InChI is InChI=1S/C23H18ClN3O2/c24-18-11-9-16(10-12-18)13-21-22(27-20-7-3-2-6-19(20)26-21)15-29-23-8-4-1-5-17(23)14-25-28/h1-12,14,28H,13,15H2/b25-14-. The van der Waals surface area contributed by atoms with E-state index >= 15 is 0 Å². The molecule has 0 atom stereocenters. The van der Waals surface area contributed by atoms with Crippen LogP contribution in [0.1, 0.15) is 22.5 Å². The summed E-state index contributed by atoms with van der Waals surface area (Å²) in [5, 5.41) is 12.7. The van der Waals surface area contributed by atoms with Gasteiger partial charge < -0.3 is 9.94 Å². The van der Waals surface area contributed by atoms with E-state index in [-0.39, 0.29) is 6.61 Å². The van der Waals surface area contributed by atoms with Crippen LogP contribution < -0.4 is 4.74 Å². The Balaban J connectivity index is 1.67. The molecule has 6 heteroatoms. The topological polar surface area (TPSA) is 67.6 Å². The van der Waals surface area contributed by atoms with Crippen LogP contribution in [0.5, 0.6) is 5.75 Å². The van der Waals surface area contributed by atoms with E-state index in [1.165, 1.54) is 6.21 Å². The van der Waals surface area contributed by atoms with Gasteiger partial charge in [0.15, 0.2) is 0 Å². The summed E-state index contributed by atoms with van der Waals surface area (Å²) in [5.74, 6) is 0.609. The Bertz CT molecular complexity index is 1160. The van der Waals surface area contributed by atoms with Gasteiger partial charge in [0.2, 0.25) is 0 Å². The third-order valence-corrected chi connectivity index (χ3v) is 4.74. The van der Waals surface area contributed by atoms with Gasteiger partial charge in [0.1, 0.15) is 18.1 Å². The first kappa shape index (κ1) is 18.9. The van der Waals surface area contributed by atoms with Crippen molar-refractivity contribution in [3.05, 3.63) is 100 Å². The number of ether oxygens (including phenoxy) is 1. The minimum absolute atomic E-state index is 0.247. The quantitative estimate of drug-likeness (QED) is 0.271. The van der Waals surface area contributed by atoms with Crippen molar-refractivity contribution in [3.8, 4) is 5.75 Å². The molecule has 0 saturated heterocycles. The molecule has 5 nitrogen and oxygen atoms in total. The molecule has 29 heavy (non-hydrogen) atoms. The average Bonchev–Trinajstić information content (AvgIpc) is 2.75. The Hall–Kier alpha value is -3.44. The van der Waals surface area contributed by atoms with Crippen LogP contribution in [0.3, 0.4) is 0 Å². The average molecular weight is 404 g/mol. The SMILES string of the molecule is O/N=C\c1ccccc1OCc1nc2ccccc2nc1Cc1ccc(Cl)cc1. The highest BCUT2D eigenvalue weighted by molar-refractivity contribution is 6.30. The lowest BCUT2D eigenvalue weighted by atomic mass is 10.1. The fraction of sp³-hybridized carbons (Fsp3) is 0.0870. The number of benzene rings is 3. The molecule has 4 rings (SSSR count). The Morgan fingerprint density at radius 1 is 0.862 bits per heavy atom. The number of rotatable bonds is 6. The maximum absolute atomic E-state index is 8.86. The fourth-order valence-electron chi connectivity index (χ4n) is 3.05. The van der Waals surface area contributed by atoms with Gasteiger partial charge in [-0.3, -0.25) is 0 Å². The molecule has 0 bridgehead atoms. The summed E-state index contributed by atoms with van der Waals surface area (Å²) >= 11 is 6.01. The first-order valence-corrected chi connectivity index (χ1v) is 9.49. The normalized spacial score (nSPS) is 11.2. The van der Waals surface area contributed by atoms with Gasteiger partial charge in [-0.05, 0) is 42.0 Å². The van der Waals surface area contributed by atoms with Gasteiger partial charge in [0.05, 0.1) is 22.9 Å². The van der Waals surface area contributed by atoms with Gasteiger partial charge in [0.25, 0.3) is 0 Å². The minimum atomic E-state index is 0.247. The summed E-state index contributed by atoms with van der Waals surface area (Å²) in [5.41, 5.74) is 5.04. The second-order valence-electron chi connectivity index (χ2n) is 6.48. The van der Waals surface area contributed by atoms with E-state index in [1.54, 1.807) is 0 Å². The largest absolute Gasteiger partial charge is 0.487 e. The van der Waals surface area contributed by atoms with Gasteiger partial charge in [0, 0.05) is 17.0 Å². The lowest BCUT2D eigenvalue weighted by molar-refractivity contribution is 0.298. The van der Waals surface area contributed by atoms with Crippen LogP contribution in [-0.2, 0) is 13.0 Å². The zero-order valence-electron chi connectivity index (χ0n) is 15.5. The third kappa shape index (κ3) is 4.52. The Morgan fingerprint density at radius 2 is 1.52 bits per heavy atom. The highest BCUT2D eigenvalue weighted by atomic mass is 35.5. The number of oxime groups is 1. The highest BCUT2D eigenvalue weighted by Gasteiger charge is 2.12. The molecule has 1 aromatic heterocycles. The van der Waals surface area contributed by atoms with Gasteiger partial charge in [-0.1, -0.05) is 53.2 Å². The van der Waals surface area contributed by atoms with E-state index in [0.717, 1.165) is 28.0 Å². The maximum atomic E-state index is 8.86. The number of halogens is 1. The second kappa shape index (κ2) is 8.71. The van der Waals surface area contributed by atoms with Crippen LogP contribution in [0.25, 0.3) is 11.0 Å². The molecule has 0 unspecified atom stereocenters. The van der Waals surface area contributed by atoms with Crippen molar-refractivity contribution >= 4 is 28.8 Å². The van der Waals surface area contributed by atoms with Crippen LogP contribution in [0.4, 0.5) is 0 Å². The summed E-state index contributed by atoms with van der Waals surface area (Å²) in [7, 11) is 0. The highest BCUT2D eigenvalue weighted by Crippen LogP contribution is 2.21. The summed E-state index contributed by atoms with van der Waals surface area (Å²) in [4.78, 5) is 9.61. The molecular weight excluding hydrogens is 386 g/mol. The number of nitrogens with zero attached hydrogens (tertiary/aromatic N) is 3. The lowest BCUT2D eigenvalue weighted by Crippen LogP contribution is -2.08. The molecule has 0 radical (unpaired) electrons. The molecule has 4 aromatic rings. The third-order valence-electron chi connectivity index (χ3n) is 4.49. The van der Waals surface area contributed by atoms with Crippen molar-refractivity contribution in [2.24, 2.45) is 5.16 Å². The first-order chi connectivity index (χ1) is 14.2. The van der Waals surface area contributed by atoms with Crippen LogP contribution in [0, 0.1) is 0 Å². The Morgan fingerprint density at radius 3 is 2.24 bits per heavy atom. The summed E-state index contributed by atoms with van der Waals surface area (Å²) in [6.45, 7) is 0.247. The predicted octanol–water partition coefficient (Wildman–Crippen LogP) is 5.26. The first-order valence-electron chi connectivity index (χ1n) is 9.11. The van der Waals surface area contributed by atoms with E-state index in [4.69, 9.17) is 31.5 Å². The van der Waals surface area contributed by atoms with Gasteiger partial charge in [-0.2, -0.15) is 0 Å². The lowest BCUT2D eigenvalue weighted by Gasteiger charge is -2.13. The summed E-state index contributed by atoms with van der Waals surface area (Å²) in [6.07, 6.45) is 1.96. The number of aromatic nitrogens is 2. The molecule has 0 aliphatic heterocycles. The summed E-state index contributed by atoms with van der Waals surface area (Å²) < 4.78 is 6.00. The molecule has 0 fully saturated rings. The van der Waals surface area contributed by atoms with Crippen LogP contribution >= 0.6 is 11.6 Å². The monoisotopic (exact) mass is 403 g/mol. The number of hydrogen-bond acceptors (Lipinski definition) is 5. The molecule has 144 valence electrons. The molecule has 1 N–H and O–H groups in total. The number of para-hydroxylation sites is 3. The van der Waals surface area contributed by atoms with Crippen molar-refractivity contribution in [3.63, 3.8) is 0 Å². The van der Waals surface area contributed by atoms with Crippen LogP contribution in [-0.4, -0.2) is 21.4 Å². The summed E-state index contributed by atoms with van der Waals surface area (Å²) in [6, 6.07) is 22.8. The molecule has 0 saturated carbocycles. The Labute approximate surface area is 173 Å². The van der Waals surface area contributed by atoms with Crippen LogP contribution in [0.15, 0.2) is 78.0 Å². The van der Waals surface area contributed by atoms with Gasteiger partial charge >= 0.3 is 0 Å². The molecular formula is C23H18ClN3O2. The molecule has 0 aliphatic rings. The van der Waals surface area contributed by atoms with E-state index in [1.807, 2.05) is 72.8 Å². The van der Waals surface area contributed by atoms with Crippen LogP contribution in [0.2, 0.25) is 5.02 Å². The predicted molar refractivity (Wildman–Crippen MR) is 114 cm³/mol. The second-order valence-corrected chi connectivity index (χ2v) is 6.92. The minimum Gasteiger partial charge on any atom is -0.487 e. The molecule has 3 aromatic carbocycles. The van der Waals surface area contributed by atoms with E-state index < -0.39 is 0 Å². The van der Waals surface area contributed by atoms with Gasteiger partial charge in [-0.25, -0.2) is 9.97 Å². The van der Waals surface area contributed by atoms with Crippen molar-refractivity contribution in [2.75, 3.05) is 0 Å². The Kier molecular flexibility index (Phi) is 5.68. The van der Waals surface area contributed by atoms with Crippen molar-refractivity contribution in [2.45, 2.75) is 13.0 Å². The smallest absolute Gasteiger partial charge is 0.132 e. The van der Waals surface area contributed by atoms with Crippen molar-refractivity contribution in [1.29, 1.82) is 0 Å². The fourth-order valence-corrected chi connectivity index (χ4v) is 3.18. The number of fused-ring (bicyclic) bond motifs is 1. The number of hydrogen-bond donors (Lipinski definition) is 1. The molecule has 0 aliphatic carbocycles. The van der Waals surface area contributed by atoms with E-state index in [0.29, 0.717) is 22.8 Å². The zero-order chi connectivity index (χ0) is 20.1. The molecule has 0 amide bonds. The van der Waals surface area contributed by atoms with E-state index in [9.17, 15) is 0 Å². The van der Waals surface area contributed by atoms with E-state index in [2.05, 4.69) is 5.16 Å². The van der Waals surface area contributed by atoms with Gasteiger partial charge in [-0.15, -0.1) is 0 Å². The van der Waals surface area contributed by atoms with Crippen molar-refractivity contribution in [1.82, 2.24) is 9.97 Å². The zero-order valence-corrected chi connectivity index (χ0v) is 16.3. The maximum Gasteiger partial charge on any atom is 0.132 e. The molecule has 1 heterocycles. The molecule has 0 spiro atoms. The van der Waals surface area contributed by atoms with Crippen molar-refractivity contribution < 1.29 is 9.94 Å².